The molecule has 35 heavy (non-hydrogen) atoms. The van der Waals surface area contributed by atoms with E-state index in [2.05, 4.69) is 20.7 Å². The third kappa shape index (κ3) is 4.59. The van der Waals surface area contributed by atoms with E-state index in [0.717, 1.165) is 16.8 Å². The summed E-state index contributed by atoms with van der Waals surface area (Å²) in [6.45, 7) is 0. The number of benzene rings is 3. The van der Waals surface area contributed by atoms with Crippen molar-refractivity contribution in [3.05, 3.63) is 117 Å². The maximum absolute atomic E-state index is 13.6. The van der Waals surface area contributed by atoms with E-state index in [-0.39, 0.29) is 23.0 Å². The first-order chi connectivity index (χ1) is 16.9. The predicted molar refractivity (Wildman–Crippen MR) is 129 cm³/mol. The number of anilines is 2. The molecule has 3 aromatic carbocycles. The third-order valence-electron chi connectivity index (χ3n) is 5.38. The van der Waals surface area contributed by atoms with E-state index in [1.165, 1.54) is 36.4 Å². The molecular weight excluding hydrogens is 475 g/mol. The Morgan fingerprint density at radius 1 is 1.11 bits per heavy atom. The fourth-order valence-electron chi connectivity index (χ4n) is 3.68. The third-order valence-corrected chi connectivity index (χ3v) is 5.63. The number of nitrogens with one attached hydrogen (secondary N) is 2. The van der Waals surface area contributed by atoms with Crippen molar-refractivity contribution in [1.29, 1.82) is 0 Å². The molecule has 1 aromatic heterocycles. The minimum Gasteiger partial charge on any atom is -0.324 e. The summed E-state index contributed by atoms with van der Waals surface area (Å²) in [5, 5.41) is 21.8. The summed E-state index contributed by atoms with van der Waals surface area (Å²) in [6, 6.07) is 18.1. The van der Waals surface area contributed by atoms with Crippen LogP contribution in [0.4, 0.5) is 22.0 Å². The number of hydrogen-bond acceptors (Lipinski definition) is 6. The second kappa shape index (κ2) is 8.99. The second-order valence-electron chi connectivity index (χ2n) is 7.67. The van der Waals surface area contributed by atoms with Gasteiger partial charge in [-0.25, -0.2) is 9.07 Å². The Morgan fingerprint density at radius 2 is 1.86 bits per heavy atom. The minimum atomic E-state index is -0.596. The molecule has 174 valence electrons. The van der Waals surface area contributed by atoms with Crippen LogP contribution in [-0.2, 0) is 0 Å². The van der Waals surface area contributed by atoms with Crippen molar-refractivity contribution >= 4 is 40.8 Å². The van der Waals surface area contributed by atoms with Gasteiger partial charge in [0.15, 0.2) is 0 Å². The van der Waals surface area contributed by atoms with Gasteiger partial charge in [0.1, 0.15) is 11.9 Å². The van der Waals surface area contributed by atoms with Gasteiger partial charge in [-0.15, -0.1) is 5.10 Å². The number of nitro groups is 1. The average molecular weight is 491 g/mol. The van der Waals surface area contributed by atoms with E-state index < -0.39 is 16.9 Å². The first-order valence-electron chi connectivity index (χ1n) is 10.4. The van der Waals surface area contributed by atoms with Crippen LogP contribution in [0.3, 0.4) is 0 Å². The largest absolute Gasteiger partial charge is 0.324 e. The van der Waals surface area contributed by atoms with Crippen LogP contribution >= 0.6 is 11.6 Å². The number of carbonyl (C=O) groups excluding carboxylic acids is 1. The van der Waals surface area contributed by atoms with Crippen molar-refractivity contribution in [2.24, 2.45) is 0 Å². The van der Waals surface area contributed by atoms with Gasteiger partial charge in [0.25, 0.3) is 17.5 Å². The number of rotatable bonds is 5. The van der Waals surface area contributed by atoms with Crippen LogP contribution in [0.5, 0.6) is 0 Å². The number of nitrogens with zero attached hydrogens (tertiary/aromatic N) is 4. The first-order valence-corrected chi connectivity index (χ1v) is 10.8. The fourth-order valence-corrected chi connectivity index (χ4v) is 3.80. The lowest BCUT2D eigenvalue weighted by Crippen LogP contribution is -2.20. The maximum atomic E-state index is 13.6. The van der Waals surface area contributed by atoms with Crippen molar-refractivity contribution in [3.8, 4) is 0 Å². The van der Waals surface area contributed by atoms with Crippen molar-refractivity contribution in [1.82, 2.24) is 14.8 Å². The highest BCUT2D eigenvalue weighted by Crippen LogP contribution is 2.33. The molecule has 2 N–H and O–H groups in total. The Hall–Kier alpha value is -4.57. The molecule has 1 amide bonds. The van der Waals surface area contributed by atoms with Crippen molar-refractivity contribution in [2.75, 3.05) is 10.6 Å². The first kappa shape index (κ1) is 22.2. The normalized spacial score (nSPS) is 14.5. The Kier molecular flexibility index (Phi) is 5.71. The standard InChI is InChI=1S/C24H16ClFN6O3/c25-17-8-4-14(5-9-17)20-13-21(15-6-10-18(26)11-7-15)31-24(27-20)29-23(30-31)28-22(33)16-2-1-3-19(12-16)32(34)35/h1-13,21H,(H2,27,28,29,30,33)/t21-/m0/s1. The van der Waals surface area contributed by atoms with Crippen molar-refractivity contribution in [3.63, 3.8) is 0 Å². The summed E-state index contributed by atoms with van der Waals surface area (Å²) in [7, 11) is 0. The Labute approximate surface area is 203 Å². The van der Waals surface area contributed by atoms with E-state index in [1.54, 1.807) is 28.9 Å². The van der Waals surface area contributed by atoms with E-state index in [1.807, 2.05) is 18.2 Å². The second-order valence-corrected chi connectivity index (χ2v) is 8.11. The zero-order valence-electron chi connectivity index (χ0n) is 17.9. The van der Waals surface area contributed by atoms with Crippen LogP contribution in [0, 0.1) is 15.9 Å². The molecule has 2 heterocycles. The number of amides is 1. The fraction of sp³-hybridized carbons (Fsp3) is 0.0417. The Bertz CT molecular complexity index is 1470. The van der Waals surface area contributed by atoms with E-state index in [0.29, 0.717) is 11.0 Å². The lowest BCUT2D eigenvalue weighted by Gasteiger charge is -2.24. The molecule has 0 spiro atoms. The molecule has 0 aliphatic carbocycles. The number of halogens is 2. The van der Waals surface area contributed by atoms with E-state index in [9.17, 15) is 19.3 Å². The lowest BCUT2D eigenvalue weighted by molar-refractivity contribution is -0.384. The van der Waals surface area contributed by atoms with Crippen LogP contribution in [0.25, 0.3) is 5.70 Å². The van der Waals surface area contributed by atoms with Gasteiger partial charge < -0.3 is 5.32 Å². The highest BCUT2D eigenvalue weighted by atomic mass is 35.5. The van der Waals surface area contributed by atoms with Gasteiger partial charge in [-0.2, -0.15) is 4.98 Å². The van der Waals surface area contributed by atoms with Crippen LogP contribution in [-0.4, -0.2) is 25.6 Å². The molecular formula is C24H16ClFN6O3. The van der Waals surface area contributed by atoms with Crippen LogP contribution in [0.2, 0.25) is 5.02 Å². The maximum Gasteiger partial charge on any atom is 0.270 e. The van der Waals surface area contributed by atoms with Gasteiger partial charge in [-0.05, 0) is 47.5 Å². The molecule has 5 rings (SSSR count). The molecule has 1 aliphatic heterocycles. The summed E-state index contributed by atoms with van der Waals surface area (Å²) in [5.41, 5.74) is 2.21. The molecule has 0 radical (unpaired) electrons. The molecule has 1 aliphatic rings. The molecule has 0 unspecified atom stereocenters. The quantitative estimate of drug-likeness (QED) is 0.290. The summed E-state index contributed by atoms with van der Waals surface area (Å²) >= 11 is 6.02. The van der Waals surface area contributed by atoms with Gasteiger partial charge in [0.05, 0.1) is 4.92 Å². The highest BCUT2D eigenvalue weighted by Gasteiger charge is 2.26. The molecule has 11 heteroatoms. The van der Waals surface area contributed by atoms with Gasteiger partial charge >= 0.3 is 0 Å². The summed E-state index contributed by atoms with van der Waals surface area (Å²) in [4.78, 5) is 27.5. The monoisotopic (exact) mass is 490 g/mol. The highest BCUT2D eigenvalue weighted by molar-refractivity contribution is 6.30. The number of hydrogen-bond donors (Lipinski definition) is 2. The van der Waals surface area contributed by atoms with Gasteiger partial charge in [0.2, 0.25) is 5.95 Å². The molecule has 0 saturated carbocycles. The molecule has 0 saturated heterocycles. The van der Waals surface area contributed by atoms with Gasteiger partial charge in [0, 0.05) is 28.4 Å². The topological polar surface area (TPSA) is 115 Å². The minimum absolute atomic E-state index is 0.00174. The van der Waals surface area contributed by atoms with Crippen LogP contribution in [0.1, 0.15) is 27.5 Å². The number of carbonyl (C=O) groups is 1. The molecule has 0 fully saturated rings. The van der Waals surface area contributed by atoms with Crippen LogP contribution < -0.4 is 10.6 Å². The van der Waals surface area contributed by atoms with E-state index in [4.69, 9.17) is 11.6 Å². The van der Waals surface area contributed by atoms with Crippen molar-refractivity contribution < 1.29 is 14.1 Å². The average Bonchev–Trinajstić information content (AvgIpc) is 3.27. The SMILES string of the molecule is O=C(Nc1nc2n(n1)[C@H](c1ccc(F)cc1)C=C(c1ccc(Cl)cc1)N2)c1cccc([N+](=O)[O-])c1. The Balaban J connectivity index is 1.49. The van der Waals surface area contributed by atoms with Gasteiger partial charge in [-0.1, -0.05) is 41.9 Å². The summed E-state index contributed by atoms with van der Waals surface area (Å²) in [5.74, 6) is -0.614. The smallest absolute Gasteiger partial charge is 0.270 e. The van der Waals surface area contributed by atoms with E-state index >= 15 is 0 Å². The number of aromatic nitrogens is 3. The molecule has 9 nitrogen and oxygen atoms in total. The van der Waals surface area contributed by atoms with Gasteiger partial charge in [-0.3, -0.25) is 20.2 Å². The number of fused-ring (bicyclic) bond motifs is 1. The summed E-state index contributed by atoms with van der Waals surface area (Å²) < 4.78 is 15.1. The predicted octanol–water partition coefficient (Wildman–Crippen LogP) is 5.29. The zero-order valence-corrected chi connectivity index (χ0v) is 18.6. The van der Waals surface area contributed by atoms with Crippen molar-refractivity contribution in [2.45, 2.75) is 6.04 Å². The molecule has 0 bridgehead atoms. The number of allylic oxidation sites excluding steroid dienone is 1. The Morgan fingerprint density at radius 3 is 2.57 bits per heavy atom. The zero-order chi connectivity index (χ0) is 24.5. The lowest BCUT2D eigenvalue weighted by atomic mass is 10.0. The molecule has 1 atom stereocenters. The van der Waals surface area contributed by atoms with Crippen LogP contribution in [0.15, 0.2) is 78.9 Å². The molecule has 4 aromatic rings. The number of non-ortho nitro benzene ring substituents is 1. The number of nitro benzene ring substituents is 1. The summed E-state index contributed by atoms with van der Waals surface area (Å²) in [6.07, 6.45) is 1.91.